The first-order valence-corrected chi connectivity index (χ1v) is 5.26. The predicted octanol–water partition coefficient (Wildman–Crippen LogP) is 0.197. The minimum atomic E-state index is -0.754. The average Bonchev–Trinajstić information content (AvgIpc) is 2.19. The summed E-state index contributed by atoms with van der Waals surface area (Å²) >= 11 is 0. The van der Waals surface area contributed by atoms with Gasteiger partial charge in [0.25, 0.3) is 0 Å². The highest BCUT2D eigenvalue weighted by atomic mass is 16.5. The van der Waals surface area contributed by atoms with E-state index < -0.39 is 12.0 Å². The van der Waals surface area contributed by atoms with Crippen LogP contribution in [0, 0.1) is 0 Å². The number of carboxylic acids is 1. The van der Waals surface area contributed by atoms with Crippen molar-refractivity contribution in [2.24, 2.45) is 0 Å². The Morgan fingerprint density at radius 3 is 3.00 bits per heavy atom. The van der Waals surface area contributed by atoms with Crippen LogP contribution in [0.2, 0.25) is 0 Å². The molecule has 0 spiro atoms. The number of hydrogen-bond donors (Lipinski definition) is 1. The summed E-state index contributed by atoms with van der Waals surface area (Å²) in [4.78, 5) is 12.9. The molecule has 1 aliphatic rings. The van der Waals surface area contributed by atoms with Gasteiger partial charge in [0.05, 0.1) is 19.3 Å². The van der Waals surface area contributed by atoms with E-state index in [4.69, 9.17) is 14.6 Å². The van der Waals surface area contributed by atoms with Gasteiger partial charge in [-0.3, -0.25) is 9.69 Å². The molecule has 15 heavy (non-hydrogen) atoms. The van der Waals surface area contributed by atoms with Crippen molar-refractivity contribution in [1.29, 1.82) is 0 Å². The van der Waals surface area contributed by atoms with Gasteiger partial charge >= 0.3 is 5.97 Å². The Balaban J connectivity index is 2.50. The average molecular weight is 217 g/mol. The number of rotatable bonds is 5. The first kappa shape index (κ1) is 12.4. The van der Waals surface area contributed by atoms with E-state index in [0.717, 1.165) is 0 Å². The second-order valence-electron chi connectivity index (χ2n) is 3.71. The van der Waals surface area contributed by atoms with E-state index in [1.807, 2.05) is 11.8 Å². The van der Waals surface area contributed by atoms with Crippen molar-refractivity contribution in [2.75, 3.05) is 33.4 Å². The Morgan fingerprint density at radius 2 is 2.47 bits per heavy atom. The lowest BCUT2D eigenvalue weighted by Gasteiger charge is -2.35. The summed E-state index contributed by atoms with van der Waals surface area (Å²) in [5, 5.41) is 9.03. The fourth-order valence-corrected chi connectivity index (χ4v) is 1.90. The number of carboxylic acid groups (broad SMARTS) is 1. The van der Waals surface area contributed by atoms with Crippen molar-refractivity contribution >= 4 is 5.97 Å². The third-order valence-electron chi connectivity index (χ3n) is 2.64. The monoisotopic (exact) mass is 217 g/mol. The standard InChI is InChI=1S/C10H19NO4/c1-3-9(10(12)13)11-4-5-15-8(6-11)7-14-2/h8-9H,3-7H2,1-2H3,(H,12,13). The summed E-state index contributed by atoms with van der Waals surface area (Å²) in [6.45, 7) is 4.31. The molecule has 1 rings (SSSR count). The van der Waals surface area contributed by atoms with E-state index >= 15 is 0 Å². The summed E-state index contributed by atoms with van der Waals surface area (Å²) in [6.07, 6.45) is 0.617. The third-order valence-corrected chi connectivity index (χ3v) is 2.64. The first-order valence-electron chi connectivity index (χ1n) is 5.26. The quantitative estimate of drug-likeness (QED) is 0.712. The van der Waals surface area contributed by atoms with Crippen LogP contribution < -0.4 is 0 Å². The van der Waals surface area contributed by atoms with E-state index in [2.05, 4.69) is 0 Å². The summed E-state index contributed by atoms with van der Waals surface area (Å²) in [6, 6.07) is -0.395. The van der Waals surface area contributed by atoms with E-state index in [1.54, 1.807) is 7.11 Å². The molecule has 0 aromatic heterocycles. The van der Waals surface area contributed by atoms with Crippen LogP contribution >= 0.6 is 0 Å². The molecule has 0 aliphatic carbocycles. The molecule has 1 fully saturated rings. The smallest absolute Gasteiger partial charge is 0.320 e. The van der Waals surface area contributed by atoms with Crippen molar-refractivity contribution in [3.63, 3.8) is 0 Å². The van der Waals surface area contributed by atoms with Crippen LogP contribution in [0.4, 0.5) is 0 Å². The number of ether oxygens (including phenoxy) is 2. The highest BCUT2D eigenvalue weighted by Crippen LogP contribution is 2.12. The van der Waals surface area contributed by atoms with Gasteiger partial charge in [-0.25, -0.2) is 0 Å². The Labute approximate surface area is 90.0 Å². The van der Waals surface area contributed by atoms with Crippen LogP contribution in [0.3, 0.4) is 0 Å². The van der Waals surface area contributed by atoms with Gasteiger partial charge in [-0.1, -0.05) is 6.92 Å². The highest BCUT2D eigenvalue weighted by Gasteiger charge is 2.29. The number of hydrogen-bond acceptors (Lipinski definition) is 4. The van der Waals surface area contributed by atoms with Crippen LogP contribution in [0.1, 0.15) is 13.3 Å². The number of morpholine rings is 1. The molecule has 2 unspecified atom stereocenters. The lowest BCUT2D eigenvalue weighted by Crippen LogP contribution is -2.51. The summed E-state index contributed by atoms with van der Waals surface area (Å²) in [5.41, 5.74) is 0. The molecule has 0 bridgehead atoms. The van der Waals surface area contributed by atoms with Crippen LogP contribution in [0.15, 0.2) is 0 Å². The maximum absolute atomic E-state index is 11.0. The molecule has 0 amide bonds. The van der Waals surface area contributed by atoms with Gasteiger partial charge in [-0.05, 0) is 6.42 Å². The molecule has 1 saturated heterocycles. The highest BCUT2D eigenvalue weighted by molar-refractivity contribution is 5.73. The molecule has 0 radical (unpaired) electrons. The second kappa shape index (κ2) is 6.05. The molecular formula is C10H19NO4. The van der Waals surface area contributed by atoms with Gasteiger partial charge < -0.3 is 14.6 Å². The molecule has 0 aromatic carbocycles. The van der Waals surface area contributed by atoms with E-state index in [9.17, 15) is 4.79 Å². The van der Waals surface area contributed by atoms with E-state index in [1.165, 1.54) is 0 Å². The maximum atomic E-state index is 11.0. The summed E-state index contributed by atoms with van der Waals surface area (Å²) < 4.78 is 10.5. The minimum absolute atomic E-state index is 0.00264. The van der Waals surface area contributed by atoms with Gasteiger partial charge in [0.1, 0.15) is 6.04 Å². The largest absolute Gasteiger partial charge is 0.480 e. The Morgan fingerprint density at radius 1 is 1.73 bits per heavy atom. The number of methoxy groups -OCH3 is 1. The van der Waals surface area contributed by atoms with Crippen molar-refractivity contribution in [3.8, 4) is 0 Å². The number of nitrogens with zero attached hydrogens (tertiary/aromatic N) is 1. The topological polar surface area (TPSA) is 59.0 Å². The van der Waals surface area contributed by atoms with Gasteiger partial charge in [-0.15, -0.1) is 0 Å². The lowest BCUT2D eigenvalue weighted by molar-refractivity contribution is -0.147. The van der Waals surface area contributed by atoms with Crippen molar-refractivity contribution in [1.82, 2.24) is 4.90 Å². The molecule has 0 saturated carbocycles. The van der Waals surface area contributed by atoms with E-state index in [0.29, 0.717) is 32.7 Å². The summed E-state index contributed by atoms with van der Waals surface area (Å²) in [7, 11) is 1.62. The van der Waals surface area contributed by atoms with Crippen LogP contribution in [-0.4, -0.2) is 61.5 Å². The minimum Gasteiger partial charge on any atom is -0.480 e. The second-order valence-corrected chi connectivity index (χ2v) is 3.71. The molecule has 88 valence electrons. The van der Waals surface area contributed by atoms with Crippen LogP contribution in [-0.2, 0) is 14.3 Å². The first-order chi connectivity index (χ1) is 7.19. The summed E-state index contributed by atoms with van der Waals surface area (Å²) in [5.74, 6) is -0.754. The number of carbonyl (C=O) groups is 1. The molecule has 1 aliphatic heterocycles. The Bertz CT molecular complexity index is 208. The Kier molecular flexibility index (Phi) is 5.01. The Hall–Kier alpha value is -0.650. The molecule has 1 heterocycles. The van der Waals surface area contributed by atoms with Gasteiger partial charge in [0, 0.05) is 20.2 Å². The molecule has 5 nitrogen and oxygen atoms in total. The van der Waals surface area contributed by atoms with Crippen molar-refractivity contribution < 1.29 is 19.4 Å². The van der Waals surface area contributed by atoms with E-state index in [-0.39, 0.29) is 6.10 Å². The lowest BCUT2D eigenvalue weighted by atomic mass is 10.1. The van der Waals surface area contributed by atoms with Crippen molar-refractivity contribution in [2.45, 2.75) is 25.5 Å². The molecular weight excluding hydrogens is 198 g/mol. The zero-order chi connectivity index (χ0) is 11.3. The SMILES string of the molecule is CCC(C(=O)O)N1CCOC(COC)C1. The maximum Gasteiger partial charge on any atom is 0.320 e. The molecule has 0 aromatic rings. The van der Waals surface area contributed by atoms with Gasteiger partial charge in [0.15, 0.2) is 0 Å². The zero-order valence-corrected chi connectivity index (χ0v) is 9.31. The van der Waals surface area contributed by atoms with Gasteiger partial charge in [-0.2, -0.15) is 0 Å². The fraction of sp³-hybridized carbons (Fsp3) is 0.900. The predicted molar refractivity (Wildman–Crippen MR) is 54.9 cm³/mol. The molecule has 5 heteroatoms. The van der Waals surface area contributed by atoms with Crippen LogP contribution in [0.25, 0.3) is 0 Å². The normalized spacial score (nSPS) is 25.1. The number of aliphatic carboxylic acids is 1. The zero-order valence-electron chi connectivity index (χ0n) is 9.31. The third kappa shape index (κ3) is 3.44. The van der Waals surface area contributed by atoms with Crippen LogP contribution in [0.5, 0.6) is 0 Å². The van der Waals surface area contributed by atoms with Crippen molar-refractivity contribution in [3.05, 3.63) is 0 Å². The molecule has 2 atom stereocenters. The molecule has 1 N–H and O–H groups in total. The fourth-order valence-electron chi connectivity index (χ4n) is 1.90. The van der Waals surface area contributed by atoms with Gasteiger partial charge in [0.2, 0.25) is 0 Å².